The lowest BCUT2D eigenvalue weighted by atomic mass is 10.1. The van der Waals surface area contributed by atoms with E-state index in [0.29, 0.717) is 5.92 Å². The average molecular weight is 376 g/mol. The fourth-order valence-corrected chi connectivity index (χ4v) is 3.32. The molecule has 1 aliphatic heterocycles. The second-order valence-electron chi connectivity index (χ2n) is 7.61. The molecule has 2 rings (SSSR count). The van der Waals surface area contributed by atoms with Gasteiger partial charge in [0.2, 0.25) is 0 Å². The molecule has 1 heterocycles. The lowest BCUT2D eigenvalue weighted by Crippen LogP contribution is -2.46. The zero-order valence-electron chi connectivity index (χ0n) is 17.7. The Labute approximate surface area is 165 Å². The molecule has 1 atom stereocenters. The van der Waals surface area contributed by atoms with Crippen molar-refractivity contribution < 1.29 is 4.74 Å². The number of guanidine groups is 1. The fraction of sp³-hybridized carbons (Fsp3) is 0.667. The number of rotatable bonds is 8. The summed E-state index contributed by atoms with van der Waals surface area (Å²) in [6.07, 6.45) is 0. The van der Waals surface area contributed by atoms with Gasteiger partial charge in [-0.1, -0.05) is 19.1 Å². The minimum Gasteiger partial charge on any atom is -0.497 e. The van der Waals surface area contributed by atoms with Gasteiger partial charge in [-0.25, -0.2) is 0 Å². The molecule has 6 heteroatoms. The van der Waals surface area contributed by atoms with Crippen LogP contribution in [0.5, 0.6) is 5.75 Å². The summed E-state index contributed by atoms with van der Waals surface area (Å²) in [5.74, 6) is 2.41. The van der Waals surface area contributed by atoms with E-state index in [0.717, 1.165) is 37.9 Å². The molecule has 0 saturated carbocycles. The van der Waals surface area contributed by atoms with Crippen molar-refractivity contribution in [3.8, 4) is 5.75 Å². The Hall–Kier alpha value is -1.79. The van der Waals surface area contributed by atoms with Gasteiger partial charge in [0.05, 0.1) is 7.11 Å². The minimum atomic E-state index is 0.552. The Morgan fingerprint density at radius 1 is 1.22 bits per heavy atom. The number of aliphatic imine (C=N–C) groups is 1. The van der Waals surface area contributed by atoms with Gasteiger partial charge < -0.3 is 24.8 Å². The first kappa shape index (κ1) is 21.5. The molecule has 0 amide bonds. The third-order valence-corrected chi connectivity index (χ3v) is 4.99. The summed E-state index contributed by atoms with van der Waals surface area (Å²) < 4.78 is 5.24. The van der Waals surface area contributed by atoms with E-state index in [1.807, 2.05) is 12.1 Å². The van der Waals surface area contributed by atoms with Gasteiger partial charge in [0.15, 0.2) is 5.96 Å². The Morgan fingerprint density at radius 3 is 2.48 bits per heavy atom. The number of nitrogens with one attached hydrogen (secondary N) is 1. The second kappa shape index (κ2) is 11.1. The van der Waals surface area contributed by atoms with E-state index >= 15 is 0 Å². The lowest BCUT2D eigenvalue weighted by molar-refractivity contribution is 0.140. The molecule has 0 aromatic heterocycles. The molecule has 27 heavy (non-hydrogen) atoms. The van der Waals surface area contributed by atoms with Crippen LogP contribution < -0.4 is 10.1 Å². The molecule has 0 aliphatic carbocycles. The molecule has 152 valence electrons. The van der Waals surface area contributed by atoms with Crippen LogP contribution in [-0.2, 0) is 6.54 Å². The molecular weight excluding hydrogens is 338 g/mol. The summed E-state index contributed by atoms with van der Waals surface area (Å²) in [5.41, 5.74) is 1.24. The molecule has 1 fully saturated rings. The smallest absolute Gasteiger partial charge is 0.193 e. The van der Waals surface area contributed by atoms with Crippen LogP contribution in [0.2, 0.25) is 0 Å². The van der Waals surface area contributed by atoms with Crippen LogP contribution >= 0.6 is 0 Å². The molecule has 1 aromatic carbocycles. The highest BCUT2D eigenvalue weighted by molar-refractivity contribution is 5.79. The van der Waals surface area contributed by atoms with Crippen LogP contribution in [0.1, 0.15) is 19.4 Å². The number of hydrogen-bond acceptors (Lipinski definition) is 4. The van der Waals surface area contributed by atoms with Crippen molar-refractivity contribution in [1.82, 2.24) is 20.0 Å². The Morgan fingerprint density at radius 2 is 1.89 bits per heavy atom. The van der Waals surface area contributed by atoms with Crippen molar-refractivity contribution in [2.75, 3.05) is 67.0 Å². The van der Waals surface area contributed by atoms with E-state index in [9.17, 15) is 0 Å². The number of ether oxygens (including phenoxy) is 1. The first-order valence-corrected chi connectivity index (χ1v) is 10.0. The fourth-order valence-electron chi connectivity index (χ4n) is 3.32. The highest BCUT2D eigenvalue weighted by Crippen LogP contribution is 2.13. The van der Waals surface area contributed by atoms with E-state index in [2.05, 4.69) is 60.1 Å². The van der Waals surface area contributed by atoms with Gasteiger partial charge in [-0.15, -0.1) is 0 Å². The summed E-state index contributed by atoms with van der Waals surface area (Å²) in [6, 6.07) is 8.22. The molecule has 1 N–H and O–H groups in total. The van der Waals surface area contributed by atoms with Crippen molar-refractivity contribution in [3.05, 3.63) is 29.8 Å². The predicted molar refractivity (Wildman–Crippen MR) is 114 cm³/mol. The van der Waals surface area contributed by atoms with E-state index in [4.69, 9.17) is 9.73 Å². The van der Waals surface area contributed by atoms with Crippen LogP contribution in [-0.4, -0.2) is 87.7 Å². The van der Waals surface area contributed by atoms with Gasteiger partial charge in [-0.2, -0.15) is 0 Å². The molecule has 1 aliphatic rings. The Kier molecular flexibility index (Phi) is 8.88. The van der Waals surface area contributed by atoms with Gasteiger partial charge in [0.1, 0.15) is 5.75 Å². The summed E-state index contributed by atoms with van der Waals surface area (Å²) in [6.45, 7) is 12.8. The Balaban J connectivity index is 1.87. The van der Waals surface area contributed by atoms with Crippen molar-refractivity contribution >= 4 is 5.96 Å². The predicted octanol–water partition coefficient (Wildman–Crippen LogP) is 1.98. The van der Waals surface area contributed by atoms with Crippen LogP contribution in [0.3, 0.4) is 0 Å². The van der Waals surface area contributed by atoms with E-state index < -0.39 is 0 Å². The average Bonchev–Trinajstić information content (AvgIpc) is 2.67. The van der Waals surface area contributed by atoms with Gasteiger partial charge in [0.25, 0.3) is 0 Å². The number of hydrogen-bond donors (Lipinski definition) is 1. The number of nitrogens with zero attached hydrogens (tertiary/aromatic N) is 4. The molecule has 1 unspecified atom stereocenters. The van der Waals surface area contributed by atoms with Gasteiger partial charge in [0, 0.05) is 59.4 Å². The van der Waals surface area contributed by atoms with E-state index in [-0.39, 0.29) is 0 Å². The van der Waals surface area contributed by atoms with Crippen LogP contribution in [0.15, 0.2) is 29.3 Å². The maximum atomic E-state index is 5.24. The molecule has 0 spiro atoms. The largest absolute Gasteiger partial charge is 0.497 e. The summed E-state index contributed by atoms with van der Waals surface area (Å²) in [7, 11) is 5.99. The standard InChI is InChI=1S/C21H37N5O/c1-6-22-21(25(4)17-19-7-9-20(27-5)10-8-19)23-15-18(2)16-26-13-11-24(3)12-14-26/h7-10,18H,6,11-17H2,1-5H3,(H,22,23). The van der Waals surface area contributed by atoms with Crippen LogP contribution in [0.25, 0.3) is 0 Å². The third-order valence-electron chi connectivity index (χ3n) is 4.99. The van der Waals surface area contributed by atoms with Crippen LogP contribution in [0.4, 0.5) is 0 Å². The summed E-state index contributed by atoms with van der Waals surface area (Å²) in [4.78, 5) is 12.0. The number of benzene rings is 1. The zero-order chi connectivity index (χ0) is 19.6. The number of likely N-dealkylation sites (N-methyl/N-ethyl adjacent to an activating group) is 1. The molecule has 6 nitrogen and oxygen atoms in total. The monoisotopic (exact) mass is 375 g/mol. The van der Waals surface area contributed by atoms with Crippen molar-refractivity contribution in [2.45, 2.75) is 20.4 Å². The SMILES string of the molecule is CCNC(=NCC(C)CN1CCN(C)CC1)N(C)Cc1ccc(OC)cc1. The summed E-state index contributed by atoms with van der Waals surface area (Å²) in [5, 5.41) is 3.42. The molecular formula is C21H37N5O. The second-order valence-corrected chi connectivity index (χ2v) is 7.61. The quantitative estimate of drug-likeness (QED) is 0.556. The summed E-state index contributed by atoms with van der Waals surface area (Å²) >= 11 is 0. The Bertz CT molecular complexity index is 566. The van der Waals surface area contributed by atoms with Crippen molar-refractivity contribution in [2.24, 2.45) is 10.9 Å². The lowest BCUT2D eigenvalue weighted by Gasteiger charge is -2.33. The maximum Gasteiger partial charge on any atom is 0.193 e. The molecule has 1 saturated heterocycles. The molecule has 1 aromatic rings. The topological polar surface area (TPSA) is 43.3 Å². The zero-order valence-corrected chi connectivity index (χ0v) is 17.7. The highest BCUT2D eigenvalue weighted by atomic mass is 16.5. The minimum absolute atomic E-state index is 0.552. The first-order valence-electron chi connectivity index (χ1n) is 10.0. The maximum absolute atomic E-state index is 5.24. The van der Waals surface area contributed by atoms with E-state index in [1.54, 1.807) is 7.11 Å². The molecule has 0 bridgehead atoms. The van der Waals surface area contributed by atoms with Gasteiger partial charge >= 0.3 is 0 Å². The van der Waals surface area contributed by atoms with E-state index in [1.165, 1.54) is 31.7 Å². The number of piperazine rings is 1. The van der Waals surface area contributed by atoms with Crippen LogP contribution in [0, 0.1) is 5.92 Å². The highest BCUT2D eigenvalue weighted by Gasteiger charge is 2.16. The van der Waals surface area contributed by atoms with Gasteiger partial charge in [-0.05, 0) is 37.6 Å². The normalized spacial score (nSPS) is 17.6. The first-order chi connectivity index (χ1) is 13.0. The molecule has 0 radical (unpaired) electrons. The number of methoxy groups -OCH3 is 1. The van der Waals surface area contributed by atoms with Gasteiger partial charge in [-0.3, -0.25) is 4.99 Å². The van der Waals surface area contributed by atoms with Crippen molar-refractivity contribution in [1.29, 1.82) is 0 Å². The third kappa shape index (κ3) is 7.39. The van der Waals surface area contributed by atoms with Crippen molar-refractivity contribution in [3.63, 3.8) is 0 Å².